The Kier molecular flexibility index (Phi) is 4.53. The van der Waals surface area contributed by atoms with Gasteiger partial charge in [-0.1, -0.05) is 0 Å². The van der Waals surface area contributed by atoms with Crippen LogP contribution < -0.4 is 11.2 Å². The lowest BCUT2D eigenvalue weighted by Crippen LogP contribution is -2.30. The molecule has 1 aromatic rings. The maximum absolute atomic E-state index is 11.3. The summed E-state index contributed by atoms with van der Waals surface area (Å²) >= 11 is 3.13. The van der Waals surface area contributed by atoms with Crippen LogP contribution in [0.2, 0.25) is 0 Å². The second kappa shape index (κ2) is 5.50. The standard InChI is InChI=1S/C9H11BrN4O2.ClH/c10-7-5(12-9(16)13-8(7)15)4-14-3-1-2-6(14)11;/h11H,1-4H2,(H2,12,13,15,16);1H. The Balaban J connectivity index is 0.00000144. The molecule has 0 spiro atoms. The Labute approximate surface area is 111 Å². The summed E-state index contributed by atoms with van der Waals surface area (Å²) in [5, 5.41) is 7.67. The number of H-pyrrole nitrogens is 2. The Morgan fingerprint density at radius 1 is 1.35 bits per heavy atom. The van der Waals surface area contributed by atoms with Gasteiger partial charge < -0.3 is 9.88 Å². The molecule has 1 aliphatic heterocycles. The van der Waals surface area contributed by atoms with Gasteiger partial charge in [-0.15, -0.1) is 12.4 Å². The highest BCUT2D eigenvalue weighted by atomic mass is 79.9. The van der Waals surface area contributed by atoms with Crippen LogP contribution in [0.25, 0.3) is 0 Å². The van der Waals surface area contributed by atoms with Crippen molar-refractivity contribution in [2.75, 3.05) is 6.54 Å². The predicted molar refractivity (Wildman–Crippen MR) is 70.0 cm³/mol. The molecule has 2 heterocycles. The summed E-state index contributed by atoms with van der Waals surface area (Å²) in [5.74, 6) is 0.549. The first kappa shape index (κ1) is 14.0. The van der Waals surface area contributed by atoms with E-state index in [1.807, 2.05) is 4.90 Å². The van der Waals surface area contributed by atoms with Gasteiger partial charge in [-0.25, -0.2) is 4.79 Å². The van der Waals surface area contributed by atoms with Gasteiger partial charge in [-0.2, -0.15) is 0 Å². The summed E-state index contributed by atoms with van der Waals surface area (Å²) in [6.07, 6.45) is 1.70. The highest BCUT2D eigenvalue weighted by Crippen LogP contribution is 2.15. The zero-order valence-corrected chi connectivity index (χ0v) is 11.3. The van der Waals surface area contributed by atoms with E-state index in [2.05, 4.69) is 25.9 Å². The lowest BCUT2D eigenvalue weighted by molar-refractivity contribution is 0.437. The van der Waals surface area contributed by atoms with Gasteiger partial charge in [-0.3, -0.25) is 15.2 Å². The molecule has 17 heavy (non-hydrogen) atoms. The van der Waals surface area contributed by atoms with Gasteiger partial charge >= 0.3 is 5.69 Å². The van der Waals surface area contributed by atoms with Crippen LogP contribution in [0.3, 0.4) is 0 Å². The van der Waals surface area contributed by atoms with Gasteiger partial charge in [0.15, 0.2) is 0 Å². The SMILES string of the molecule is Cl.N=C1CCCN1Cc1[nH]c(=O)[nH]c(=O)c1Br. The van der Waals surface area contributed by atoms with Crippen LogP contribution in [0.15, 0.2) is 14.1 Å². The van der Waals surface area contributed by atoms with Crippen molar-refractivity contribution in [3.63, 3.8) is 0 Å². The number of halogens is 2. The smallest absolute Gasteiger partial charge is 0.326 e. The first-order chi connectivity index (χ1) is 7.58. The van der Waals surface area contributed by atoms with Crippen LogP contribution in [0.1, 0.15) is 18.5 Å². The van der Waals surface area contributed by atoms with E-state index in [-0.39, 0.29) is 12.4 Å². The molecule has 0 amide bonds. The van der Waals surface area contributed by atoms with Gasteiger partial charge in [0.1, 0.15) is 4.47 Å². The summed E-state index contributed by atoms with van der Waals surface area (Å²) in [4.78, 5) is 29.0. The monoisotopic (exact) mass is 322 g/mol. The third kappa shape index (κ3) is 2.98. The van der Waals surface area contributed by atoms with E-state index < -0.39 is 11.2 Å². The van der Waals surface area contributed by atoms with E-state index >= 15 is 0 Å². The van der Waals surface area contributed by atoms with Gasteiger partial charge in [0.25, 0.3) is 5.56 Å². The molecule has 6 nitrogen and oxygen atoms in total. The van der Waals surface area contributed by atoms with E-state index in [0.717, 1.165) is 19.4 Å². The molecule has 3 N–H and O–H groups in total. The Hall–Kier alpha value is -1.08. The van der Waals surface area contributed by atoms with Gasteiger partial charge in [0.05, 0.1) is 18.1 Å². The molecule has 1 fully saturated rings. The van der Waals surface area contributed by atoms with E-state index in [0.29, 0.717) is 22.5 Å². The molecular weight excluding hydrogens is 311 g/mol. The molecule has 0 saturated carbocycles. The Morgan fingerprint density at radius 3 is 2.65 bits per heavy atom. The molecule has 0 unspecified atom stereocenters. The van der Waals surface area contributed by atoms with Crippen molar-refractivity contribution in [1.29, 1.82) is 5.41 Å². The molecule has 1 saturated heterocycles. The van der Waals surface area contributed by atoms with Crippen molar-refractivity contribution in [2.24, 2.45) is 0 Å². The minimum absolute atomic E-state index is 0. The molecule has 0 atom stereocenters. The van der Waals surface area contributed by atoms with Crippen LogP contribution in [-0.2, 0) is 6.54 Å². The number of aromatic amines is 2. The topological polar surface area (TPSA) is 92.8 Å². The molecular formula is C9H12BrClN4O2. The van der Waals surface area contributed by atoms with Crippen molar-refractivity contribution in [2.45, 2.75) is 19.4 Å². The number of nitrogens with one attached hydrogen (secondary N) is 3. The summed E-state index contributed by atoms with van der Waals surface area (Å²) in [6.45, 7) is 1.18. The number of hydrogen-bond acceptors (Lipinski definition) is 3. The van der Waals surface area contributed by atoms with E-state index in [9.17, 15) is 9.59 Å². The maximum Gasteiger partial charge on any atom is 0.326 e. The molecule has 0 bridgehead atoms. The molecule has 1 aliphatic rings. The third-order valence-corrected chi connectivity index (χ3v) is 3.37. The van der Waals surface area contributed by atoms with Crippen molar-refractivity contribution in [1.82, 2.24) is 14.9 Å². The summed E-state index contributed by atoms with van der Waals surface area (Å²) in [5.41, 5.74) is -0.446. The van der Waals surface area contributed by atoms with Crippen LogP contribution >= 0.6 is 28.3 Å². The molecule has 94 valence electrons. The lowest BCUT2D eigenvalue weighted by atomic mass is 10.3. The fraction of sp³-hybridized carbons (Fsp3) is 0.444. The lowest BCUT2D eigenvalue weighted by Gasteiger charge is -2.17. The Morgan fingerprint density at radius 2 is 2.06 bits per heavy atom. The molecule has 8 heteroatoms. The Bertz CT molecular complexity index is 539. The highest BCUT2D eigenvalue weighted by molar-refractivity contribution is 9.10. The number of rotatable bonds is 2. The fourth-order valence-corrected chi connectivity index (χ4v) is 2.05. The van der Waals surface area contributed by atoms with Crippen molar-refractivity contribution >= 4 is 34.2 Å². The minimum atomic E-state index is -0.520. The molecule has 0 aromatic carbocycles. The molecule has 2 rings (SSSR count). The van der Waals surface area contributed by atoms with Gasteiger partial charge in [0, 0.05) is 13.0 Å². The molecule has 0 radical (unpaired) electrons. The highest BCUT2D eigenvalue weighted by Gasteiger charge is 2.18. The van der Waals surface area contributed by atoms with E-state index in [4.69, 9.17) is 5.41 Å². The van der Waals surface area contributed by atoms with Gasteiger partial charge in [0.2, 0.25) is 0 Å². The fourth-order valence-electron chi connectivity index (χ4n) is 1.72. The number of aromatic nitrogens is 2. The second-order valence-electron chi connectivity index (χ2n) is 3.67. The third-order valence-electron chi connectivity index (χ3n) is 2.53. The average Bonchev–Trinajstić information content (AvgIpc) is 2.60. The van der Waals surface area contributed by atoms with Crippen LogP contribution in [-0.4, -0.2) is 27.2 Å². The number of amidine groups is 1. The maximum atomic E-state index is 11.3. The van der Waals surface area contributed by atoms with E-state index in [1.54, 1.807) is 0 Å². The summed E-state index contributed by atoms with van der Waals surface area (Å²) < 4.78 is 0.326. The van der Waals surface area contributed by atoms with Crippen molar-refractivity contribution in [3.8, 4) is 0 Å². The van der Waals surface area contributed by atoms with Crippen LogP contribution in [0.5, 0.6) is 0 Å². The number of hydrogen-bond donors (Lipinski definition) is 3. The van der Waals surface area contributed by atoms with Crippen LogP contribution in [0, 0.1) is 5.41 Å². The normalized spacial score (nSPS) is 14.9. The second-order valence-corrected chi connectivity index (χ2v) is 4.47. The first-order valence-corrected chi connectivity index (χ1v) is 5.70. The molecule has 1 aromatic heterocycles. The number of likely N-dealkylation sites (tertiary alicyclic amines) is 1. The average molecular weight is 324 g/mol. The summed E-state index contributed by atoms with van der Waals surface area (Å²) in [6, 6.07) is 0. The van der Waals surface area contributed by atoms with Gasteiger partial charge in [-0.05, 0) is 22.4 Å². The zero-order chi connectivity index (χ0) is 11.7. The van der Waals surface area contributed by atoms with E-state index in [1.165, 1.54) is 0 Å². The first-order valence-electron chi connectivity index (χ1n) is 4.91. The van der Waals surface area contributed by atoms with Crippen molar-refractivity contribution in [3.05, 3.63) is 31.0 Å². The molecule has 0 aliphatic carbocycles. The number of nitrogens with zero attached hydrogens (tertiary/aromatic N) is 1. The quantitative estimate of drug-likeness (QED) is 0.752. The summed E-state index contributed by atoms with van der Waals surface area (Å²) in [7, 11) is 0. The minimum Gasteiger partial charge on any atom is -0.355 e. The van der Waals surface area contributed by atoms with Crippen molar-refractivity contribution < 1.29 is 0 Å². The van der Waals surface area contributed by atoms with Crippen LogP contribution in [0.4, 0.5) is 0 Å². The predicted octanol–water partition coefficient (Wildman–Crippen LogP) is 0.821. The largest absolute Gasteiger partial charge is 0.355 e. The zero-order valence-electron chi connectivity index (χ0n) is 8.88.